The summed E-state index contributed by atoms with van der Waals surface area (Å²) < 4.78 is 1.38. The van der Waals surface area contributed by atoms with Crippen molar-refractivity contribution < 1.29 is 0 Å². The van der Waals surface area contributed by atoms with E-state index in [0.717, 1.165) is 0 Å². The topological polar surface area (TPSA) is 0 Å². The fraction of sp³-hybridized carbons (Fsp3) is 0.294. The number of halogens is 1. The fourth-order valence-corrected chi connectivity index (χ4v) is 10.8. The number of alkyl halides is 1. The molecule has 0 bridgehead atoms. The summed E-state index contributed by atoms with van der Waals surface area (Å²) in [7, 11) is -1.12. The Hall–Kier alpha value is -0.613. The highest BCUT2D eigenvalue weighted by Crippen LogP contribution is 2.31. The Labute approximate surface area is 130 Å². The van der Waals surface area contributed by atoms with Gasteiger partial charge in [-0.15, -0.1) is 0 Å². The van der Waals surface area contributed by atoms with Crippen LogP contribution in [0.25, 0.3) is 11.1 Å². The molecule has 0 unspecified atom stereocenters. The van der Waals surface area contributed by atoms with Gasteiger partial charge in [-0.25, -0.2) is 0 Å². The third-order valence-corrected chi connectivity index (χ3v) is 13.5. The molecule has 1 aliphatic rings. The smallest absolute Gasteiger partial charge is 0.0893 e. The molecule has 0 atom stereocenters. The van der Waals surface area contributed by atoms with Crippen LogP contribution >= 0.6 is 22.6 Å². The lowest BCUT2D eigenvalue weighted by atomic mass is 10.1. The quantitative estimate of drug-likeness (QED) is 0.410. The van der Waals surface area contributed by atoms with Crippen LogP contribution in [0.2, 0.25) is 12.1 Å². The van der Waals surface area contributed by atoms with Gasteiger partial charge in [-0.3, -0.25) is 0 Å². The van der Waals surface area contributed by atoms with Gasteiger partial charge in [0.2, 0.25) is 0 Å². The van der Waals surface area contributed by atoms with Crippen molar-refractivity contribution in [3.63, 3.8) is 0 Å². The number of benzene rings is 2. The molecule has 0 N–H and O–H groups in total. The number of hydrogen-bond acceptors (Lipinski definition) is 0. The summed E-state index contributed by atoms with van der Waals surface area (Å²) in [5.74, 6) is 0. The normalized spacial score (nSPS) is 17.5. The molecular weight excluding hydrogens is 359 g/mol. The van der Waals surface area contributed by atoms with E-state index in [1.807, 2.05) is 0 Å². The van der Waals surface area contributed by atoms with Gasteiger partial charge in [0.05, 0.1) is 8.07 Å². The second-order valence-electron chi connectivity index (χ2n) is 5.56. The van der Waals surface area contributed by atoms with Gasteiger partial charge < -0.3 is 0 Å². The van der Waals surface area contributed by atoms with E-state index in [0.29, 0.717) is 0 Å². The van der Waals surface area contributed by atoms with Crippen LogP contribution in [0.15, 0.2) is 54.6 Å². The second-order valence-corrected chi connectivity index (χ2v) is 12.3. The van der Waals surface area contributed by atoms with E-state index in [-0.39, 0.29) is 0 Å². The summed E-state index contributed by atoms with van der Waals surface area (Å²) >= 11 is 2.63. The molecule has 2 aromatic rings. The molecule has 19 heavy (non-hydrogen) atoms. The maximum Gasteiger partial charge on any atom is 0.0963 e. The average Bonchev–Trinajstić information content (AvgIpc) is 2.98. The molecule has 1 saturated heterocycles. The maximum absolute atomic E-state index is 2.63. The molecule has 0 radical (unpaired) electrons. The van der Waals surface area contributed by atoms with Gasteiger partial charge in [-0.2, -0.15) is 0 Å². The minimum atomic E-state index is -1.12. The zero-order chi connectivity index (χ0) is 13.1. The highest BCUT2D eigenvalue weighted by molar-refractivity contribution is 14.1. The van der Waals surface area contributed by atoms with Gasteiger partial charge in [0, 0.05) is 0 Å². The third kappa shape index (κ3) is 2.65. The largest absolute Gasteiger partial charge is 0.0963 e. The van der Waals surface area contributed by atoms with Gasteiger partial charge in [-0.05, 0) is 15.2 Å². The predicted octanol–water partition coefficient (Wildman–Crippen LogP) is 4.78. The molecule has 0 nitrogen and oxygen atoms in total. The number of hydrogen-bond donors (Lipinski definition) is 0. The van der Waals surface area contributed by atoms with E-state index in [2.05, 4.69) is 77.2 Å². The molecule has 98 valence electrons. The third-order valence-electron chi connectivity index (χ3n) is 4.42. The summed E-state index contributed by atoms with van der Waals surface area (Å²) in [5, 5.41) is 1.68. The summed E-state index contributed by atoms with van der Waals surface area (Å²) in [4.78, 5) is 0. The summed E-state index contributed by atoms with van der Waals surface area (Å²) in [6, 6.07) is 23.2. The Morgan fingerprint density at radius 1 is 0.789 bits per heavy atom. The summed E-state index contributed by atoms with van der Waals surface area (Å²) in [6.45, 7) is 0. The Balaban J connectivity index is 1.91. The molecule has 2 aromatic carbocycles. The van der Waals surface area contributed by atoms with Crippen LogP contribution in [0.1, 0.15) is 12.8 Å². The van der Waals surface area contributed by atoms with Crippen molar-refractivity contribution in [2.45, 2.75) is 24.9 Å². The Kier molecular flexibility index (Phi) is 4.08. The van der Waals surface area contributed by atoms with Crippen molar-refractivity contribution in [3.8, 4) is 11.1 Å². The van der Waals surface area contributed by atoms with Crippen molar-refractivity contribution in [1.82, 2.24) is 0 Å². The average molecular weight is 378 g/mol. The first-order valence-corrected chi connectivity index (χ1v) is 11.2. The Bertz CT molecular complexity index is 527. The molecule has 1 aliphatic heterocycles. The zero-order valence-electron chi connectivity index (χ0n) is 11.1. The Morgan fingerprint density at radius 2 is 1.37 bits per heavy atom. The SMILES string of the molecule is IC[Si]1(c2ccc(-c3ccccc3)cc2)CCCC1. The first kappa shape index (κ1) is 13.4. The van der Waals surface area contributed by atoms with Crippen LogP contribution < -0.4 is 5.19 Å². The lowest BCUT2D eigenvalue weighted by molar-refractivity contribution is 0.935. The minimum absolute atomic E-state index is 1.12. The van der Waals surface area contributed by atoms with Gasteiger partial charge in [0.25, 0.3) is 0 Å². The maximum atomic E-state index is 2.63. The van der Waals surface area contributed by atoms with Gasteiger partial charge in [0.15, 0.2) is 0 Å². The Morgan fingerprint density at radius 3 is 1.95 bits per heavy atom. The van der Waals surface area contributed by atoms with Gasteiger partial charge >= 0.3 is 0 Å². The van der Waals surface area contributed by atoms with Gasteiger partial charge in [-0.1, -0.05) is 107 Å². The first-order valence-electron chi connectivity index (χ1n) is 7.06. The lowest BCUT2D eigenvalue weighted by Gasteiger charge is -2.24. The highest BCUT2D eigenvalue weighted by atomic mass is 127. The molecule has 1 fully saturated rings. The molecule has 2 heteroatoms. The van der Waals surface area contributed by atoms with Crippen molar-refractivity contribution in [2.75, 3.05) is 4.05 Å². The first-order chi connectivity index (χ1) is 9.34. The monoisotopic (exact) mass is 378 g/mol. The van der Waals surface area contributed by atoms with E-state index in [4.69, 9.17) is 0 Å². The molecule has 0 aliphatic carbocycles. The highest BCUT2D eigenvalue weighted by Gasteiger charge is 2.36. The van der Waals surface area contributed by atoms with Crippen LogP contribution in [0.5, 0.6) is 0 Å². The number of rotatable bonds is 3. The van der Waals surface area contributed by atoms with E-state index >= 15 is 0 Å². The zero-order valence-corrected chi connectivity index (χ0v) is 14.3. The van der Waals surface area contributed by atoms with Gasteiger partial charge in [0.1, 0.15) is 0 Å². The van der Waals surface area contributed by atoms with Crippen molar-refractivity contribution in [2.24, 2.45) is 0 Å². The van der Waals surface area contributed by atoms with Crippen LogP contribution in [0.3, 0.4) is 0 Å². The molecule has 1 heterocycles. The van der Waals surface area contributed by atoms with Crippen LogP contribution in [0.4, 0.5) is 0 Å². The van der Waals surface area contributed by atoms with Crippen LogP contribution in [-0.2, 0) is 0 Å². The van der Waals surface area contributed by atoms with Crippen LogP contribution in [0, 0.1) is 0 Å². The molecule has 0 aromatic heterocycles. The molecule has 0 amide bonds. The summed E-state index contributed by atoms with van der Waals surface area (Å²) in [6.07, 6.45) is 2.91. The molecule has 0 spiro atoms. The summed E-state index contributed by atoms with van der Waals surface area (Å²) in [5.41, 5.74) is 2.67. The molecule has 3 rings (SSSR count). The fourth-order valence-electron chi connectivity index (χ4n) is 3.20. The van der Waals surface area contributed by atoms with Crippen LogP contribution in [-0.4, -0.2) is 12.1 Å². The standard InChI is InChI=1S/C17H19ISi/c18-14-19(12-4-5-13-19)17-10-8-16(9-11-17)15-6-2-1-3-7-15/h1-3,6-11H,4-5,12-14H2. The molecular formula is C17H19ISi. The lowest BCUT2D eigenvalue weighted by Crippen LogP contribution is -2.47. The minimum Gasteiger partial charge on any atom is -0.0893 e. The van der Waals surface area contributed by atoms with E-state index in [1.165, 1.54) is 40.1 Å². The van der Waals surface area contributed by atoms with Crippen molar-refractivity contribution in [1.29, 1.82) is 0 Å². The van der Waals surface area contributed by atoms with Crippen molar-refractivity contribution >= 4 is 35.9 Å². The second kappa shape index (κ2) is 5.79. The van der Waals surface area contributed by atoms with E-state index in [1.54, 1.807) is 5.19 Å². The van der Waals surface area contributed by atoms with Crippen molar-refractivity contribution in [3.05, 3.63) is 54.6 Å². The molecule has 0 saturated carbocycles. The predicted molar refractivity (Wildman–Crippen MR) is 95.0 cm³/mol. The van der Waals surface area contributed by atoms with E-state index < -0.39 is 8.07 Å². The van der Waals surface area contributed by atoms with E-state index in [9.17, 15) is 0 Å².